The second-order valence-electron chi connectivity index (χ2n) is 21.5. The molecule has 0 saturated carbocycles. The molecule has 0 heterocycles. The molecule has 0 aromatic heterocycles. The molecule has 1 atom stereocenters. The molecule has 0 amide bonds. The lowest BCUT2D eigenvalue weighted by Gasteiger charge is -2.15. The van der Waals surface area contributed by atoms with E-state index in [0.29, 0.717) is 12.8 Å². The molecular weight excluding hydrogens is 921 g/mol. The van der Waals surface area contributed by atoms with Gasteiger partial charge in [0.1, 0.15) is 6.61 Å². The van der Waals surface area contributed by atoms with Crippen LogP contribution in [0.15, 0.2) is 97.2 Å². The van der Waals surface area contributed by atoms with Crippen LogP contribution in [0, 0.1) is 0 Å². The average Bonchev–Trinajstić information content (AvgIpc) is 3.41. The van der Waals surface area contributed by atoms with Gasteiger partial charge in [0, 0.05) is 12.8 Å². The Labute approximate surface area is 466 Å². The molecule has 0 aromatic rings. The molecule has 1 unspecified atom stereocenters. The lowest BCUT2D eigenvalue weighted by Crippen LogP contribution is -2.28. The van der Waals surface area contributed by atoms with Crippen molar-refractivity contribution in [2.24, 2.45) is 0 Å². The fraction of sp³-hybridized carbons (Fsp3) is 0.743. The first-order valence-corrected chi connectivity index (χ1v) is 32.3. The lowest BCUT2D eigenvalue weighted by molar-refractivity contribution is -0.161. The van der Waals surface area contributed by atoms with Gasteiger partial charge in [0.05, 0.1) is 6.61 Å². The molecule has 0 aliphatic heterocycles. The number of carbonyl (C=O) groups excluding carboxylic acids is 2. The van der Waals surface area contributed by atoms with Crippen LogP contribution in [0.25, 0.3) is 0 Å². The Kier molecular flexibility index (Phi) is 62.3. The van der Waals surface area contributed by atoms with Crippen molar-refractivity contribution in [2.75, 3.05) is 13.2 Å². The van der Waals surface area contributed by atoms with Crippen LogP contribution >= 0.6 is 0 Å². The van der Waals surface area contributed by atoms with Crippen LogP contribution in [-0.4, -0.2) is 36.4 Å². The third-order valence-electron chi connectivity index (χ3n) is 14.1. The number of carbonyl (C=O) groups is 2. The van der Waals surface area contributed by atoms with Gasteiger partial charge < -0.3 is 14.6 Å². The minimum Gasteiger partial charge on any atom is -0.462 e. The van der Waals surface area contributed by atoms with Gasteiger partial charge in [0.2, 0.25) is 0 Å². The smallest absolute Gasteiger partial charge is 0.306 e. The average molecular weight is 1040 g/mol. The number of esters is 2. The SMILES string of the molecule is CC/C=C\C/C=C\C/C=C\C/C=C\C/C=C\C/C=C\C/C=C\C/C=C\CCCCCCCCCCCCC(=O)OC(CO)COC(=O)CCCCCCCCCCCCCCCCCCCCCCCCCCCC. The fourth-order valence-electron chi connectivity index (χ4n) is 9.34. The summed E-state index contributed by atoms with van der Waals surface area (Å²) < 4.78 is 10.7. The van der Waals surface area contributed by atoms with E-state index in [9.17, 15) is 14.7 Å². The molecule has 1 N–H and O–H groups in total. The van der Waals surface area contributed by atoms with E-state index in [4.69, 9.17) is 9.47 Å². The Morgan fingerprint density at radius 1 is 0.320 bits per heavy atom. The van der Waals surface area contributed by atoms with Crippen molar-refractivity contribution in [1.29, 1.82) is 0 Å². The van der Waals surface area contributed by atoms with Gasteiger partial charge in [-0.15, -0.1) is 0 Å². The van der Waals surface area contributed by atoms with Crippen molar-refractivity contribution in [1.82, 2.24) is 0 Å². The molecule has 0 aliphatic carbocycles. The largest absolute Gasteiger partial charge is 0.462 e. The number of rotatable bonds is 59. The summed E-state index contributed by atoms with van der Waals surface area (Å²) in [5.74, 6) is -0.585. The predicted molar refractivity (Wildman–Crippen MR) is 329 cm³/mol. The molecule has 0 fully saturated rings. The van der Waals surface area contributed by atoms with Crippen molar-refractivity contribution in [3.63, 3.8) is 0 Å². The molecular formula is C70H122O5. The van der Waals surface area contributed by atoms with Gasteiger partial charge in [-0.2, -0.15) is 0 Å². The molecule has 432 valence electrons. The summed E-state index contributed by atoms with van der Waals surface area (Å²) in [6.45, 7) is 4.06. The van der Waals surface area contributed by atoms with E-state index < -0.39 is 6.10 Å². The lowest BCUT2D eigenvalue weighted by atomic mass is 10.0. The van der Waals surface area contributed by atoms with Gasteiger partial charge in [-0.1, -0.05) is 323 Å². The summed E-state index contributed by atoms with van der Waals surface area (Å²) in [6, 6.07) is 0. The highest BCUT2D eigenvalue weighted by Gasteiger charge is 2.16. The van der Waals surface area contributed by atoms with Crippen LogP contribution in [0.5, 0.6) is 0 Å². The summed E-state index contributed by atoms with van der Waals surface area (Å²) in [5.41, 5.74) is 0. The first-order valence-electron chi connectivity index (χ1n) is 32.3. The monoisotopic (exact) mass is 1040 g/mol. The van der Waals surface area contributed by atoms with Crippen molar-refractivity contribution in [3.8, 4) is 0 Å². The number of hydrogen-bond acceptors (Lipinski definition) is 5. The van der Waals surface area contributed by atoms with Crippen molar-refractivity contribution in [2.45, 2.75) is 322 Å². The van der Waals surface area contributed by atoms with Crippen LogP contribution in [-0.2, 0) is 19.1 Å². The van der Waals surface area contributed by atoms with Gasteiger partial charge >= 0.3 is 11.9 Å². The standard InChI is InChI=1S/C70H122O5/c1-3-5-7-9-11-13-15-17-19-21-23-25-27-29-31-32-33-34-35-36-37-38-39-41-43-45-47-49-51-53-55-57-59-61-63-65-70(73)75-68(66-71)67-74-69(72)64-62-60-58-56-54-52-50-48-46-44-42-40-30-28-26-24-22-20-18-16-14-12-10-8-6-4-2/h5,7,11,13,17,19,23,25,29,31,33-34,36-37,39,41,68,71H,3-4,6,8-10,12,14-16,18,20-22,24,26-28,30,32,35,38,40,42-67H2,1-2H3/b7-5-,13-11-,19-17-,25-23-,31-29-,34-33-,37-36-,41-39-. The maximum Gasteiger partial charge on any atom is 0.306 e. The third kappa shape index (κ3) is 63.3. The van der Waals surface area contributed by atoms with E-state index in [1.165, 1.54) is 199 Å². The van der Waals surface area contributed by atoms with Crippen molar-refractivity contribution in [3.05, 3.63) is 97.2 Å². The minimum absolute atomic E-state index is 0.0678. The molecule has 0 saturated heterocycles. The van der Waals surface area contributed by atoms with Gasteiger partial charge in [0.25, 0.3) is 0 Å². The molecule has 0 radical (unpaired) electrons. The fourth-order valence-corrected chi connectivity index (χ4v) is 9.34. The summed E-state index contributed by atoms with van der Waals surface area (Å²) in [4.78, 5) is 24.6. The molecule has 75 heavy (non-hydrogen) atoms. The normalized spacial score (nSPS) is 12.8. The first-order chi connectivity index (χ1) is 37.1. The van der Waals surface area contributed by atoms with Crippen LogP contribution in [0.4, 0.5) is 0 Å². The summed E-state index contributed by atoms with van der Waals surface area (Å²) in [5, 5.41) is 9.68. The van der Waals surface area contributed by atoms with Gasteiger partial charge in [-0.3, -0.25) is 9.59 Å². The van der Waals surface area contributed by atoms with E-state index >= 15 is 0 Å². The van der Waals surface area contributed by atoms with E-state index in [2.05, 4.69) is 111 Å². The zero-order chi connectivity index (χ0) is 54.1. The van der Waals surface area contributed by atoms with E-state index in [-0.39, 0.29) is 25.2 Å². The summed E-state index contributed by atoms with van der Waals surface area (Å²) >= 11 is 0. The number of allylic oxidation sites excluding steroid dienone is 16. The molecule has 0 spiro atoms. The van der Waals surface area contributed by atoms with Gasteiger partial charge in [0.15, 0.2) is 6.10 Å². The highest BCUT2D eigenvalue weighted by atomic mass is 16.6. The highest BCUT2D eigenvalue weighted by molar-refractivity contribution is 5.70. The van der Waals surface area contributed by atoms with Crippen LogP contribution in [0.3, 0.4) is 0 Å². The molecule has 0 aromatic carbocycles. The molecule has 5 nitrogen and oxygen atoms in total. The quantitative estimate of drug-likeness (QED) is 0.0373. The van der Waals surface area contributed by atoms with Gasteiger partial charge in [-0.25, -0.2) is 0 Å². The van der Waals surface area contributed by atoms with Crippen LogP contribution in [0.2, 0.25) is 0 Å². The number of aliphatic hydroxyl groups is 1. The second kappa shape index (κ2) is 65.1. The summed E-state index contributed by atoms with van der Waals surface area (Å²) in [7, 11) is 0. The molecule has 0 rings (SSSR count). The minimum atomic E-state index is -0.779. The number of aliphatic hydroxyl groups excluding tert-OH is 1. The zero-order valence-corrected chi connectivity index (χ0v) is 49.5. The number of ether oxygens (including phenoxy) is 2. The third-order valence-corrected chi connectivity index (χ3v) is 14.1. The van der Waals surface area contributed by atoms with Crippen molar-refractivity contribution >= 4 is 11.9 Å². The van der Waals surface area contributed by atoms with E-state index in [1.54, 1.807) is 0 Å². The Morgan fingerprint density at radius 3 is 0.867 bits per heavy atom. The Balaban J connectivity index is 3.50. The second-order valence-corrected chi connectivity index (χ2v) is 21.5. The van der Waals surface area contributed by atoms with Crippen molar-refractivity contribution < 1.29 is 24.2 Å². The number of hydrogen-bond donors (Lipinski definition) is 1. The Hall–Kier alpha value is -3.18. The maximum atomic E-state index is 12.3. The summed E-state index contributed by atoms with van der Waals surface area (Å²) in [6.07, 6.45) is 92.7. The zero-order valence-electron chi connectivity index (χ0n) is 49.5. The Bertz CT molecular complexity index is 1410. The van der Waals surface area contributed by atoms with Crippen LogP contribution < -0.4 is 0 Å². The van der Waals surface area contributed by atoms with E-state index in [0.717, 1.165) is 89.9 Å². The topological polar surface area (TPSA) is 72.8 Å². The highest BCUT2D eigenvalue weighted by Crippen LogP contribution is 2.17. The van der Waals surface area contributed by atoms with Gasteiger partial charge in [-0.05, 0) is 77.0 Å². The number of unbranched alkanes of at least 4 members (excludes halogenated alkanes) is 35. The molecule has 5 heteroatoms. The molecule has 0 aliphatic rings. The molecule has 0 bridgehead atoms. The van der Waals surface area contributed by atoms with E-state index in [1.807, 2.05) is 0 Å². The van der Waals surface area contributed by atoms with Crippen LogP contribution in [0.1, 0.15) is 316 Å². The maximum absolute atomic E-state index is 12.3. The first kappa shape index (κ1) is 71.8. The Morgan fingerprint density at radius 2 is 0.573 bits per heavy atom. The predicted octanol–water partition coefficient (Wildman–Crippen LogP) is 22.3.